The van der Waals surface area contributed by atoms with Gasteiger partial charge in [-0.15, -0.1) is 0 Å². The topological polar surface area (TPSA) is 88.9 Å². The second-order valence-corrected chi connectivity index (χ2v) is 8.55. The van der Waals surface area contributed by atoms with Crippen molar-refractivity contribution in [3.05, 3.63) is 17.5 Å². The molecule has 9 heteroatoms. The lowest BCUT2D eigenvalue weighted by Gasteiger charge is -2.31. The third kappa shape index (κ3) is 7.66. The number of nitrogens with one attached hydrogen (secondary N) is 1. The van der Waals surface area contributed by atoms with Gasteiger partial charge in [-0.1, -0.05) is 0 Å². The van der Waals surface area contributed by atoms with Crippen molar-refractivity contribution in [3.8, 4) is 0 Å². The van der Waals surface area contributed by atoms with Crippen LogP contribution >= 0.6 is 0 Å². The van der Waals surface area contributed by atoms with Gasteiger partial charge in [0.25, 0.3) is 5.91 Å². The Balaban J connectivity index is 2.03. The van der Waals surface area contributed by atoms with Gasteiger partial charge in [0.05, 0.1) is 18.9 Å². The predicted molar refractivity (Wildman–Crippen MR) is 110 cm³/mol. The normalized spacial score (nSPS) is 16.3. The highest BCUT2D eigenvalue weighted by Crippen LogP contribution is 2.10. The minimum Gasteiger partial charge on any atom is -0.444 e. The number of carbonyl (C=O) groups is 2. The molecule has 1 N–H and O–H groups in total. The Bertz CT molecular complexity index is 692. The summed E-state index contributed by atoms with van der Waals surface area (Å²) in [4.78, 5) is 29.3. The fourth-order valence-corrected chi connectivity index (χ4v) is 3.22. The van der Waals surface area contributed by atoms with E-state index in [-0.39, 0.29) is 11.9 Å². The van der Waals surface area contributed by atoms with Crippen LogP contribution in [0.2, 0.25) is 0 Å². The summed E-state index contributed by atoms with van der Waals surface area (Å²) in [7, 11) is 1.77. The molecule has 9 nitrogen and oxygen atoms in total. The first kappa shape index (κ1) is 23.2. The minimum atomic E-state index is -0.568. The van der Waals surface area contributed by atoms with E-state index in [9.17, 15) is 9.59 Å². The number of ether oxygens (including phenoxy) is 2. The number of nitrogens with zero attached hydrogens (tertiary/aromatic N) is 4. The second-order valence-electron chi connectivity index (χ2n) is 8.55. The Morgan fingerprint density at radius 2 is 2.00 bits per heavy atom. The number of morpholine rings is 1. The van der Waals surface area contributed by atoms with E-state index in [1.807, 2.05) is 34.6 Å². The molecule has 164 valence electrons. The zero-order valence-electron chi connectivity index (χ0n) is 18.5. The SMILES string of the molecule is Cc1cc(C(=O)N(CCN2CCOCC2)C[C@@H](C)NC(=O)OC(C)(C)C)n(C)n1. The monoisotopic (exact) mass is 409 g/mol. The summed E-state index contributed by atoms with van der Waals surface area (Å²) in [6.07, 6.45) is -0.484. The molecule has 0 aromatic carbocycles. The average molecular weight is 410 g/mol. The molecule has 1 aliphatic rings. The van der Waals surface area contributed by atoms with Crippen molar-refractivity contribution in [1.29, 1.82) is 0 Å². The van der Waals surface area contributed by atoms with Crippen molar-refractivity contribution in [1.82, 2.24) is 24.9 Å². The molecule has 0 radical (unpaired) electrons. The Morgan fingerprint density at radius 1 is 1.34 bits per heavy atom. The molecule has 29 heavy (non-hydrogen) atoms. The fourth-order valence-electron chi connectivity index (χ4n) is 3.22. The summed E-state index contributed by atoms with van der Waals surface area (Å²) in [5, 5.41) is 7.10. The summed E-state index contributed by atoms with van der Waals surface area (Å²) in [6.45, 7) is 14.0. The summed E-state index contributed by atoms with van der Waals surface area (Å²) >= 11 is 0. The molecule has 0 spiro atoms. The van der Waals surface area contributed by atoms with Crippen LogP contribution in [0.5, 0.6) is 0 Å². The number of alkyl carbamates (subject to hydrolysis) is 1. The van der Waals surface area contributed by atoms with E-state index in [4.69, 9.17) is 9.47 Å². The zero-order valence-corrected chi connectivity index (χ0v) is 18.5. The third-order valence-electron chi connectivity index (χ3n) is 4.56. The van der Waals surface area contributed by atoms with Crippen LogP contribution in [0.15, 0.2) is 6.07 Å². The van der Waals surface area contributed by atoms with Crippen LogP contribution in [0, 0.1) is 6.92 Å². The van der Waals surface area contributed by atoms with Gasteiger partial charge < -0.3 is 19.7 Å². The molecule has 2 rings (SSSR count). The third-order valence-corrected chi connectivity index (χ3v) is 4.56. The predicted octanol–water partition coefficient (Wildman–Crippen LogP) is 1.42. The Morgan fingerprint density at radius 3 is 2.55 bits per heavy atom. The Hall–Kier alpha value is -2.13. The quantitative estimate of drug-likeness (QED) is 0.733. The summed E-state index contributed by atoms with van der Waals surface area (Å²) in [6, 6.07) is 1.53. The Labute approximate surface area is 173 Å². The summed E-state index contributed by atoms with van der Waals surface area (Å²) in [5.41, 5.74) is 0.764. The molecule has 1 atom stereocenters. The van der Waals surface area contributed by atoms with Crippen molar-refractivity contribution in [2.24, 2.45) is 7.05 Å². The molecule has 1 fully saturated rings. The first-order valence-electron chi connectivity index (χ1n) is 10.1. The van der Waals surface area contributed by atoms with Crippen LogP contribution in [-0.4, -0.2) is 89.2 Å². The van der Waals surface area contributed by atoms with E-state index in [1.165, 1.54) is 0 Å². The maximum atomic E-state index is 13.2. The molecule has 0 unspecified atom stereocenters. The summed E-state index contributed by atoms with van der Waals surface area (Å²) in [5.74, 6) is -0.0980. The van der Waals surface area contributed by atoms with Gasteiger partial charge >= 0.3 is 6.09 Å². The van der Waals surface area contributed by atoms with Gasteiger partial charge in [-0.2, -0.15) is 5.10 Å². The van der Waals surface area contributed by atoms with E-state index < -0.39 is 11.7 Å². The molecular weight excluding hydrogens is 374 g/mol. The van der Waals surface area contributed by atoms with Crippen LogP contribution in [0.1, 0.15) is 43.9 Å². The number of aromatic nitrogens is 2. The van der Waals surface area contributed by atoms with Gasteiger partial charge in [-0.05, 0) is 40.7 Å². The van der Waals surface area contributed by atoms with Crippen LogP contribution in [0.3, 0.4) is 0 Å². The molecule has 1 aliphatic heterocycles. The highest BCUT2D eigenvalue weighted by molar-refractivity contribution is 5.92. The molecule has 1 aromatic heterocycles. The molecule has 0 bridgehead atoms. The van der Waals surface area contributed by atoms with E-state index in [0.717, 1.165) is 25.3 Å². The lowest BCUT2D eigenvalue weighted by molar-refractivity contribution is 0.0310. The van der Waals surface area contributed by atoms with Crippen molar-refractivity contribution in [2.75, 3.05) is 45.9 Å². The zero-order chi connectivity index (χ0) is 21.6. The smallest absolute Gasteiger partial charge is 0.407 e. The molecule has 2 heterocycles. The van der Waals surface area contributed by atoms with Crippen molar-refractivity contribution < 1.29 is 19.1 Å². The number of hydrogen-bond donors (Lipinski definition) is 1. The number of hydrogen-bond acceptors (Lipinski definition) is 6. The lowest BCUT2D eigenvalue weighted by atomic mass is 10.2. The highest BCUT2D eigenvalue weighted by atomic mass is 16.6. The minimum absolute atomic E-state index is 0.0980. The van der Waals surface area contributed by atoms with Gasteiger partial charge in [0.2, 0.25) is 0 Å². The molecule has 2 amide bonds. The maximum absolute atomic E-state index is 13.2. The van der Waals surface area contributed by atoms with Crippen molar-refractivity contribution >= 4 is 12.0 Å². The number of rotatable bonds is 7. The second kappa shape index (κ2) is 10.1. The summed E-state index contributed by atoms with van der Waals surface area (Å²) < 4.78 is 12.3. The standard InChI is InChI=1S/C20H35N5O4/c1-15-13-17(23(6)22-15)18(26)25(8-7-24-9-11-28-12-10-24)14-16(2)21-19(27)29-20(3,4)5/h13,16H,7-12,14H2,1-6H3,(H,21,27)/t16-/m1/s1. The van der Waals surface area contributed by atoms with Crippen LogP contribution < -0.4 is 5.32 Å². The number of aryl methyl sites for hydroxylation is 2. The van der Waals surface area contributed by atoms with Gasteiger partial charge in [0.15, 0.2) is 0 Å². The first-order chi connectivity index (χ1) is 13.5. The van der Waals surface area contributed by atoms with Gasteiger partial charge in [0.1, 0.15) is 11.3 Å². The number of amides is 2. The van der Waals surface area contributed by atoms with Gasteiger partial charge in [0, 0.05) is 45.8 Å². The first-order valence-corrected chi connectivity index (χ1v) is 10.1. The molecule has 0 aliphatic carbocycles. The largest absolute Gasteiger partial charge is 0.444 e. The average Bonchev–Trinajstić information content (AvgIpc) is 2.95. The van der Waals surface area contributed by atoms with E-state index in [1.54, 1.807) is 22.7 Å². The van der Waals surface area contributed by atoms with Crippen LogP contribution in [-0.2, 0) is 16.5 Å². The van der Waals surface area contributed by atoms with Gasteiger partial charge in [-0.25, -0.2) is 4.79 Å². The Kier molecular flexibility index (Phi) is 8.04. The van der Waals surface area contributed by atoms with Crippen molar-refractivity contribution in [3.63, 3.8) is 0 Å². The van der Waals surface area contributed by atoms with Crippen LogP contribution in [0.4, 0.5) is 4.79 Å². The number of carbonyl (C=O) groups excluding carboxylic acids is 2. The maximum Gasteiger partial charge on any atom is 0.407 e. The van der Waals surface area contributed by atoms with E-state index in [0.29, 0.717) is 32.0 Å². The molecular formula is C20H35N5O4. The molecule has 1 saturated heterocycles. The fraction of sp³-hybridized carbons (Fsp3) is 0.750. The lowest BCUT2D eigenvalue weighted by Crippen LogP contribution is -2.49. The van der Waals surface area contributed by atoms with Gasteiger partial charge in [-0.3, -0.25) is 14.4 Å². The molecule has 0 saturated carbocycles. The van der Waals surface area contributed by atoms with Crippen molar-refractivity contribution in [2.45, 2.75) is 46.3 Å². The van der Waals surface area contributed by atoms with E-state index in [2.05, 4.69) is 15.3 Å². The van der Waals surface area contributed by atoms with E-state index >= 15 is 0 Å². The highest BCUT2D eigenvalue weighted by Gasteiger charge is 2.24. The molecule has 1 aromatic rings. The van der Waals surface area contributed by atoms with Crippen LogP contribution in [0.25, 0.3) is 0 Å².